The predicted molar refractivity (Wildman–Crippen MR) is 112 cm³/mol. The van der Waals surface area contributed by atoms with E-state index in [1.54, 1.807) is 0 Å². The molecule has 28 heavy (non-hydrogen) atoms. The molecule has 0 bridgehead atoms. The monoisotopic (exact) mass is 454 g/mol. The van der Waals surface area contributed by atoms with Gasteiger partial charge in [-0.3, -0.25) is 9.69 Å². The average Bonchev–Trinajstić information content (AvgIpc) is 2.59. The Bertz CT molecular complexity index is 702. The summed E-state index contributed by atoms with van der Waals surface area (Å²) in [7, 11) is 0. The Labute approximate surface area is 176 Å². The first kappa shape index (κ1) is 21.4. The van der Waals surface area contributed by atoms with Crippen molar-refractivity contribution >= 4 is 21.8 Å². The number of benzene rings is 1. The van der Waals surface area contributed by atoms with Crippen LogP contribution in [0.25, 0.3) is 0 Å². The van der Waals surface area contributed by atoms with Gasteiger partial charge in [0, 0.05) is 17.6 Å². The van der Waals surface area contributed by atoms with Crippen LogP contribution in [0.15, 0.2) is 16.6 Å². The highest BCUT2D eigenvalue weighted by atomic mass is 79.9. The van der Waals surface area contributed by atoms with E-state index >= 15 is 0 Å². The zero-order chi connectivity index (χ0) is 20.4. The molecule has 1 amide bonds. The molecule has 4 atom stereocenters. The van der Waals surface area contributed by atoms with Gasteiger partial charge in [-0.2, -0.15) is 0 Å². The van der Waals surface area contributed by atoms with Crippen LogP contribution in [0.5, 0.6) is 11.5 Å². The highest BCUT2D eigenvalue weighted by Crippen LogP contribution is 2.37. The number of halogens is 1. The molecule has 2 aliphatic heterocycles. The lowest BCUT2D eigenvalue weighted by atomic mass is 9.98. The van der Waals surface area contributed by atoms with Gasteiger partial charge >= 0.3 is 0 Å². The largest absolute Gasteiger partial charge is 0.486 e. The molecule has 4 unspecified atom stereocenters. The second kappa shape index (κ2) is 9.01. The van der Waals surface area contributed by atoms with Crippen molar-refractivity contribution < 1.29 is 19.0 Å². The van der Waals surface area contributed by atoms with Crippen LogP contribution in [0.2, 0.25) is 0 Å². The Balaban J connectivity index is 1.74. The van der Waals surface area contributed by atoms with Crippen molar-refractivity contribution in [1.82, 2.24) is 10.2 Å². The van der Waals surface area contributed by atoms with Gasteiger partial charge in [-0.15, -0.1) is 0 Å². The summed E-state index contributed by atoms with van der Waals surface area (Å²) in [6.07, 6.45) is 0.254. The number of nitrogens with zero attached hydrogens (tertiary/aromatic N) is 1. The summed E-state index contributed by atoms with van der Waals surface area (Å²) in [5.41, 5.74) is 0.976. The summed E-state index contributed by atoms with van der Waals surface area (Å²) in [4.78, 5) is 15.5. The Morgan fingerprint density at radius 3 is 2.25 bits per heavy atom. The van der Waals surface area contributed by atoms with Crippen LogP contribution in [0.1, 0.15) is 46.2 Å². The number of carbonyl (C=O) groups is 1. The molecule has 0 aromatic heterocycles. The first-order chi connectivity index (χ1) is 13.3. The lowest BCUT2D eigenvalue weighted by Crippen LogP contribution is -2.57. The van der Waals surface area contributed by atoms with Gasteiger partial charge in [0.25, 0.3) is 0 Å². The first-order valence-electron chi connectivity index (χ1n) is 10.0. The lowest BCUT2D eigenvalue weighted by molar-refractivity contribution is -0.136. The van der Waals surface area contributed by atoms with Gasteiger partial charge in [0.15, 0.2) is 11.5 Å². The van der Waals surface area contributed by atoms with Gasteiger partial charge in [-0.05, 0) is 44.4 Å². The molecular formula is C21H31BrN2O4. The van der Waals surface area contributed by atoms with E-state index in [9.17, 15) is 4.79 Å². The number of rotatable bonds is 5. The SMILES string of the molecule is CC1CN(C(C(=O)NC(C)c2cc3c(cc2Br)OCCO3)C(C)C)CC(C)O1. The van der Waals surface area contributed by atoms with Gasteiger partial charge in [0.1, 0.15) is 13.2 Å². The van der Waals surface area contributed by atoms with Crippen LogP contribution in [-0.4, -0.2) is 55.4 Å². The summed E-state index contributed by atoms with van der Waals surface area (Å²) in [5, 5.41) is 3.20. The average molecular weight is 455 g/mol. The topological polar surface area (TPSA) is 60.0 Å². The molecule has 2 aliphatic rings. The molecule has 1 saturated heterocycles. The van der Waals surface area contributed by atoms with Gasteiger partial charge in [-0.1, -0.05) is 29.8 Å². The zero-order valence-electron chi connectivity index (χ0n) is 17.3. The summed E-state index contributed by atoms with van der Waals surface area (Å²) in [6.45, 7) is 12.9. The third-order valence-electron chi connectivity index (χ3n) is 5.23. The Hall–Kier alpha value is -1.31. The Kier molecular flexibility index (Phi) is 6.89. The third kappa shape index (κ3) is 4.81. The maximum atomic E-state index is 13.2. The zero-order valence-corrected chi connectivity index (χ0v) is 18.9. The lowest BCUT2D eigenvalue weighted by Gasteiger charge is -2.41. The minimum absolute atomic E-state index is 0.0468. The Morgan fingerprint density at radius 1 is 1.11 bits per heavy atom. The molecule has 0 saturated carbocycles. The van der Waals surface area contributed by atoms with Crippen LogP contribution < -0.4 is 14.8 Å². The minimum Gasteiger partial charge on any atom is -0.486 e. The Morgan fingerprint density at radius 2 is 1.68 bits per heavy atom. The van der Waals surface area contributed by atoms with Gasteiger partial charge in [-0.25, -0.2) is 0 Å². The van der Waals surface area contributed by atoms with Gasteiger partial charge < -0.3 is 19.5 Å². The standard InChI is InChI=1S/C21H31BrN2O4/c1-12(2)20(24-10-13(3)28-14(4)11-24)21(25)23-15(5)16-8-18-19(9-17(16)22)27-7-6-26-18/h8-9,12-15,20H,6-7,10-11H2,1-5H3,(H,23,25). The first-order valence-corrected chi connectivity index (χ1v) is 10.8. The fourth-order valence-electron chi connectivity index (χ4n) is 4.12. The number of nitrogens with one attached hydrogen (secondary N) is 1. The number of ether oxygens (including phenoxy) is 3. The van der Waals surface area contributed by atoms with Crippen molar-refractivity contribution in [3.8, 4) is 11.5 Å². The van der Waals surface area contributed by atoms with Crippen molar-refractivity contribution in [2.75, 3.05) is 26.3 Å². The highest BCUT2D eigenvalue weighted by Gasteiger charge is 2.35. The summed E-state index contributed by atoms with van der Waals surface area (Å²) < 4.78 is 18.1. The molecule has 1 N–H and O–H groups in total. The van der Waals surface area contributed by atoms with Crippen LogP contribution >= 0.6 is 15.9 Å². The minimum atomic E-state index is -0.188. The molecule has 0 spiro atoms. The highest BCUT2D eigenvalue weighted by molar-refractivity contribution is 9.10. The summed E-state index contributed by atoms with van der Waals surface area (Å²) >= 11 is 3.61. The van der Waals surface area contributed by atoms with Crippen molar-refractivity contribution in [3.05, 3.63) is 22.2 Å². The molecule has 1 aromatic carbocycles. The molecule has 3 rings (SSSR count). The quantitative estimate of drug-likeness (QED) is 0.736. The maximum Gasteiger partial charge on any atom is 0.238 e. The summed E-state index contributed by atoms with van der Waals surface area (Å²) in [5.74, 6) is 1.71. The molecule has 0 aliphatic carbocycles. The van der Waals surface area contributed by atoms with E-state index < -0.39 is 0 Å². The molecule has 6 nitrogen and oxygen atoms in total. The van der Waals surface area contributed by atoms with Crippen molar-refractivity contribution in [1.29, 1.82) is 0 Å². The van der Waals surface area contributed by atoms with Crippen molar-refractivity contribution in [2.24, 2.45) is 5.92 Å². The van der Waals surface area contributed by atoms with E-state index in [-0.39, 0.29) is 36.1 Å². The number of carbonyl (C=O) groups excluding carboxylic acids is 1. The number of fused-ring (bicyclic) bond motifs is 1. The van der Waals surface area contributed by atoms with Crippen molar-refractivity contribution in [2.45, 2.75) is 58.9 Å². The second-order valence-electron chi connectivity index (χ2n) is 8.15. The van der Waals surface area contributed by atoms with Crippen molar-refractivity contribution in [3.63, 3.8) is 0 Å². The molecular weight excluding hydrogens is 424 g/mol. The molecule has 2 heterocycles. The number of amides is 1. The van der Waals surface area contributed by atoms with E-state index in [4.69, 9.17) is 14.2 Å². The second-order valence-corrected chi connectivity index (χ2v) is 9.00. The third-order valence-corrected chi connectivity index (χ3v) is 5.91. The fourth-order valence-corrected chi connectivity index (χ4v) is 4.79. The summed E-state index contributed by atoms with van der Waals surface area (Å²) in [6, 6.07) is 3.52. The molecule has 1 fully saturated rings. The van der Waals surface area contributed by atoms with E-state index in [1.165, 1.54) is 0 Å². The molecule has 7 heteroatoms. The van der Waals surface area contributed by atoms with Crippen LogP contribution in [-0.2, 0) is 9.53 Å². The maximum absolute atomic E-state index is 13.2. The van der Waals surface area contributed by atoms with E-state index in [0.29, 0.717) is 13.2 Å². The van der Waals surface area contributed by atoms with E-state index in [0.717, 1.165) is 34.6 Å². The van der Waals surface area contributed by atoms with Crippen LogP contribution in [0.4, 0.5) is 0 Å². The molecule has 1 aromatic rings. The fraction of sp³-hybridized carbons (Fsp3) is 0.667. The molecule has 0 radical (unpaired) electrons. The predicted octanol–water partition coefficient (Wildman–Crippen LogP) is 3.53. The van der Waals surface area contributed by atoms with E-state index in [2.05, 4.69) is 53.8 Å². The normalized spacial score (nSPS) is 24.7. The molecule has 156 valence electrons. The number of morpholine rings is 1. The number of hydrogen-bond donors (Lipinski definition) is 1. The van der Waals surface area contributed by atoms with Crippen LogP contribution in [0, 0.1) is 5.92 Å². The van der Waals surface area contributed by atoms with Gasteiger partial charge in [0.05, 0.1) is 24.3 Å². The van der Waals surface area contributed by atoms with Crippen LogP contribution in [0.3, 0.4) is 0 Å². The smallest absolute Gasteiger partial charge is 0.238 e. The number of hydrogen-bond acceptors (Lipinski definition) is 5. The van der Waals surface area contributed by atoms with Gasteiger partial charge in [0.2, 0.25) is 5.91 Å². The van der Waals surface area contributed by atoms with E-state index in [1.807, 2.05) is 19.1 Å².